The van der Waals surface area contributed by atoms with Crippen molar-refractivity contribution in [2.45, 2.75) is 12.8 Å². The SMILES string of the molecule is COc1cc(NCCCSCCN)ccc1OCCCSCCN. The van der Waals surface area contributed by atoms with Crippen molar-refractivity contribution in [3.8, 4) is 11.5 Å². The van der Waals surface area contributed by atoms with Crippen LogP contribution in [0.1, 0.15) is 12.8 Å². The molecule has 0 radical (unpaired) electrons. The molecule has 138 valence electrons. The third kappa shape index (κ3) is 9.52. The first-order chi connectivity index (χ1) is 11.8. The molecule has 0 unspecified atom stereocenters. The van der Waals surface area contributed by atoms with Crippen LogP contribution in [0, 0.1) is 0 Å². The minimum absolute atomic E-state index is 0.694. The van der Waals surface area contributed by atoms with E-state index in [-0.39, 0.29) is 0 Å². The van der Waals surface area contributed by atoms with E-state index in [1.807, 2.05) is 41.7 Å². The van der Waals surface area contributed by atoms with E-state index in [1.165, 1.54) is 0 Å². The summed E-state index contributed by atoms with van der Waals surface area (Å²) in [5.74, 6) is 5.81. The van der Waals surface area contributed by atoms with E-state index in [9.17, 15) is 0 Å². The molecule has 0 saturated carbocycles. The largest absolute Gasteiger partial charge is 0.493 e. The minimum atomic E-state index is 0.694. The molecule has 0 amide bonds. The summed E-state index contributed by atoms with van der Waals surface area (Å²) in [6.45, 7) is 3.13. The summed E-state index contributed by atoms with van der Waals surface area (Å²) in [6.07, 6.45) is 2.12. The first-order valence-corrected chi connectivity index (χ1v) is 10.7. The second-order valence-corrected chi connectivity index (χ2v) is 7.60. The first-order valence-electron chi connectivity index (χ1n) is 8.42. The molecule has 0 atom stereocenters. The van der Waals surface area contributed by atoms with Crippen LogP contribution >= 0.6 is 23.5 Å². The number of nitrogens with one attached hydrogen (secondary N) is 1. The molecule has 0 aliphatic carbocycles. The average molecular weight is 374 g/mol. The van der Waals surface area contributed by atoms with Gasteiger partial charge < -0.3 is 26.3 Å². The molecule has 0 aliphatic heterocycles. The Morgan fingerprint density at radius 2 is 1.67 bits per heavy atom. The van der Waals surface area contributed by atoms with E-state index < -0.39 is 0 Å². The summed E-state index contributed by atoms with van der Waals surface area (Å²) in [5, 5.41) is 3.42. The quantitative estimate of drug-likeness (QED) is 0.408. The molecule has 0 aliphatic rings. The Labute approximate surface area is 154 Å². The number of thioether (sulfide) groups is 2. The highest BCUT2D eigenvalue weighted by molar-refractivity contribution is 7.99. The van der Waals surface area contributed by atoms with Crippen molar-refractivity contribution < 1.29 is 9.47 Å². The molecular formula is C17H31N3O2S2. The zero-order valence-corrected chi connectivity index (χ0v) is 16.2. The predicted molar refractivity (Wildman–Crippen MR) is 109 cm³/mol. The number of hydrogen-bond donors (Lipinski definition) is 3. The van der Waals surface area contributed by atoms with Gasteiger partial charge in [-0.2, -0.15) is 23.5 Å². The molecule has 1 aromatic carbocycles. The topological polar surface area (TPSA) is 82.5 Å². The summed E-state index contributed by atoms with van der Waals surface area (Å²) in [7, 11) is 1.67. The highest BCUT2D eigenvalue weighted by Gasteiger charge is 2.05. The number of hydrogen-bond acceptors (Lipinski definition) is 7. The molecule has 1 rings (SSSR count). The van der Waals surface area contributed by atoms with E-state index in [0.717, 1.165) is 72.7 Å². The number of ether oxygens (including phenoxy) is 2. The average Bonchev–Trinajstić information content (AvgIpc) is 2.61. The smallest absolute Gasteiger partial charge is 0.162 e. The number of rotatable bonds is 15. The highest BCUT2D eigenvalue weighted by Crippen LogP contribution is 2.30. The standard InChI is InChI=1S/C17H31N3O2S2/c1-21-17-14-15(20-8-2-10-23-12-6-18)4-5-16(17)22-9-3-11-24-13-7-19/h4-5,14,20H,2-3,6-13,18-19H2,1H3. The highest BCUT2D eigenvalue weighted by atomic mass is 32.2. The predicted octanol–water partition coefficient (Wildman–Crippen LogP) is 2.65. The Morgan fingerprint density at radius 3 is 2.33 bits per heavy atom. The Bertz CT molecular complexity index is 436. The van der Waals surface area contributed by atoms with E-state index >= 15 is 0 Å². The van der Waals surface area contributed by atoms with Gasteiger partial charge in [-0.3, -0.25) is 0 Å². The summed E-state index contributed by atoms with van der Waals surface area (Å²) >= 11 is 3.76. The lowest BCUT2D eigenvalue weighted by Gasteiger charge is -2.13. The number of benzene rings is 1. The van der Waals surface area contributed by atoms with Gasteiger partial charge in [0.05, 0.1) is 13.7 Å². The van der Waals surface area contributed by atoms with Crippen LogP contribution < -0.4 is 26.3 Å². The van der Waals surface area contributed by atoms with Gasteiger partial charge in [0.1, 0.15) is 0 Å². The molecule has 1 aromatic rings. The molecular weight excluding hydrogens is 342 g/mol. The minimum Gasteiger partial charge on any atom is -0.493 e. The van der Waals surface area contributed by atoms with Crippen molar-refractivity contribution >= 4 is 29.2 Å². The Balaban J connectivity index is 2.30. The van der Waals surface area contributed by atoms with Gasteiger partial charge in [-0.25, -0.2) is 0 Å². The fourth-order valence-electron chi connectivity index (χ4n) is 2.02. The maximum Gasteiger partial charge on any atom is 0.162 e. The summed E-state index contributed by atoms with van der Waals surface area (Å²) < 4.78 is 11.3. The van der Waals surface area contributed by atoms with Crippen LogP contribution in [-0.2, 0) is 0 Å². The summed E-state index contributed by atoms with van der Waals surface area (Å²) in [6, 6.07) is 6.00. The molecule has 0 fully saturated rings. The van der Waals surface area contributed by atoms with Crippen molar-refractivity contribution in [2.24, 2.45) is 11.5 Å². The first kappa shape index (κ1) is 21.3. The zero-order chi connectivity index (χ0) is 17.5. The molecule has 0 aromatic heterocycles. The molecule has 0 spiro atoms. The van der Waals surface area contributed by atoms with Crippen LogP contribution in [0.3, 0.4) is 0 Å². The second-order valence-electron chi connectivity index (χ2n) is 5.15. The number of methoxy groups -OCH3 is 1. The Morgan fingerprint density at radius 1 is 0.958 bits per heavy atom. The van der Waals surface area contributed by atoms with Gasteiger partial charge in [-0.05, 0) is 36.5 Å². The zero-order valence-electron chi connectivity index (χ0n) is 14.6. The molecule has 5 nitrogen and oxygen atoms in total. The fraction of sp³-hybridized carbons (Fsp3) is 0.647. The lowest BCUT2D eigenvalue weighted by Crippen LogP contribution is -2.06. The molecule has 0 bridgehead atoms. The van der Waals surface area contributed by atoms with Crippen molar-refractivity contribution in [1.82, 2.24) is 0 Å². The van der Waals surface area contributed by atoms with Crippen molar-refractivity contribution in [1.29, 1.82) is 0 Å². The molecule has 24 heavy (non-hydrogen) atoms. The van der Waals surface area contributed by atoms with E-state index in [2.05, 4.69) is 5.32 Å². The Hall–Kier alpha value is -0.760. The molecule has 0 saturated heterocycles. The van der Waals surface area contributed by atoms with Gasteiger partial charge in [-0.1, -0.05) is 0 Å². The lowest BCUT2D eigenvalue weighted by atomic mass is 10.2. The van der Waals surface area contributed by atoms with Gasteiger partial charge >= 0.3 is 0 Å². The molecule has 7 heteroatoms. The van der Waals surface area contributed by atoms with Gasteiger partial charge in [0, 0.05) is 42.9 Å². The molecule has 0 heterocycles. The van der Waals surface area contributed by atoms with Crippen LogP contribution in [0.4, 0.5) is 5.69 Å². The lowest BCUT2D eigenvalue weighted by molar-refractivity contribution is 0.295. The van der Waals surface area contributed by atoms with Gasteiger partial charge in [0.25, 0.3) is 0 Å². The van der Waals surface area contributed by atoms with Gasteiger partial charge in [-0.15, -0.1) is 0 Å². The van der Waals surface area contributed by atoms with Crippen LogP contribution in [-0.4, -0.2) is 56.4 Å². The second kappa shape index (κ2) is 14.6. The molecule has 5 N–H and O–H groups in total. The van der Waals surface area contributed by atoms with Gasteiger partial charge in [0.2, 0.25) is 0 Å². The third-order valence-electron chi connectivity index (χ3n) is 3.17. The van der Waals surface area contributed by atoms with Crippen LogP contribution in [0.5, 0.6) is 11.5 Å². The van der Waals surface area contributed by atoms with Crippen molar-refractivity contribution in [2.75, 3.05) is 61.7 Å². The summed E-state index contributed by atoms with van der Waals surface area (Å²) in [5.41, 5.74) is 12.0. The van der Waals surface area contributed by atoms with E-state index in [1.54, 1.807) is 7.11 Å². The van der Waals surface area contributed by atoms with E-state index in [4.69, 9.17) is 20.9 Å². The summed E-state index contributed by atoms with van der Waals surface area (Å²) in [4.78, 5) is 0. The number of nitrogens with two attached hydrogens (primary N) is 2. The third-order valence-corrected chi connectivity index (χ3v) is 5.38. The van der Waals surface area contributed by atoms with E-state index in [0.29, 0.717) is 6.61 Å². The van der Waals surface area contributed by atoms with Crippen LogP contribution in [0.25, 0.3) is 0 Å². The maximum atomic E-state index is 5.82. The van der Waals surface area contributed by atoms with Crippen LogP contribution in [0.15, 0.2) is 18.2 Å². The van der Waals surface area contributed by atoms with Crippen molar-refractivity contribution in [3.05, 3.63) is 18.2 Å². The normalized spacial score (nSPS) is 10.6. The van der Waals surface area contributed by atoms with Crippen LogP contribution in [0.2, 0.25) is 0 Å². The monoisotopic (exact) mass is 373 g/mol. The maximum absolute atomic E-state index is 5.82. The Kier molecular flexibility index (Phi) is 12.9. The van der Waals surface area contributed by atoms with Crippen molar-refractivity contribution in [3.63, 3.8) is 0 Å². The number of anilines is 1. The van der Waals surface area contributed by atoms with Gasteiger partial charge in [0.15, 0.2) is 11.5 Å². The fourth-order valence-corrected chi connectivity index (χ4v) is 3.43.